The van der Waals surface area contributed by atoms with Gasteiger partial charge in [-0.05, 0) is 37.7 Å². The molecule has 2 aromatic rings. The largest absolute Gasteiger partial charge is 0.363 e. The number of rotatable bonds is 5. The number of likely N-dealkylation sites (N-methyl/N-ethyl adjacent to an activating group) is 1. The summed E-state index contributed by atoms with van der Waals surface area (Å²) in [5.41, 5.74) is 1.75. The van der Waals surface area contributed by atoms with Gasteiger partial charge in [0.25, 0.3) is 11.6 Å². The molecule has 7 nitrogen and oxygen atoms in total. The highest BCUT2D eigenvalue weighted by Gasteiger charge is 2.24. The van der Waals surface area contributed by atoms with Crippen LogP contribution in [0.4, 0.5) is 11.4 Å². The molecular formula is C20H23BrN4O3. The fraction of sp³-hybridized carbons (Fsp3) is 0.350. The number of piperazine rings is 1. The fourth-order valence-corrected chi connectivity index (χ4v) is 3.94. The summed E-state index contributed by atoms with van der Waals surface area (Å²) in [6, 6.07) is 12.1. The minimum Gasteiger partial charge on any atom is -0.363 e. The zero-order chi connectivity index (χ0) is 20.3. The summed E-state index contributed by atoms with van der Waals surface area (Å²) in [5.74, 6) is -0.337. The van der Waals surface area contributed by atoms with Crippen molar-refractivity contribution in [3.63, 3.8) is 0 Å². The summed E-state index contributed by atoms with van der Waals surface area (Å²) in [6.07, 6.45) is 0. The Hall–Kier alpha value is -2.45. The van der Waals surface area contributed by atoms with Crippen molar-refractivity contribution in [3.05, 3.63) is 68.2 Å². The molecule has 1 saturated heterocycles. The minimum absolute atomic E-state index is 0.0363. The van der Waals surface area contributed by atoms with Crippen LogP contribution in [0.2, 0.25) is 0 Å². The lowest BCUT2D eigenvalue weighted by Crippen LogP contribution is -2.44. The van der Waals surface area contributed by atoms with E-state index in [0.717, 1.165) is 36.2 Å². The van der Waals surface area contributed by atoms with Crippen LogP contribution in [-0.2, 0) is 0 Å². The van der Waals surface area contributed by atoms with Gasteiger partial charge in [-0.15, -0.1) is 0 Å². The van der Waals surface area contributed by atoms with Crippen LogP contribution < -0.4 is 10.2 Å². The SMILES string of the molecule is C[C@H](NC(=O)c1ccc(N2CCN(C)CC2)c([N+](=O)[O-])c1)c1ccccc1Br. The van der Waals surface area contributed by atoms with Gasteiger partial charge in [0, 0.05) is 42.3 Å². The molecule has 1 aliphatic rings. The highest BCUT2D eigenvalue weighted by atomic mass is 79.9. The molecule has 1 N–H and O–H groups in total. The van der Waals surface area contributed by atoms with Gasteiger partial charge >= 0.3 is 0 Å². The summed E-state index contributed by atoms with van der Waals surface area (Å²) in [7, 11) is 2.03. The first-order valence-corrected chi connectivity index (χ1v) is 9.93. The molecular weight excluding hydrogens is 424 g/mol. The van der Waals surface area contributed by atoms with Gasteiger partial charge in [0.15, 0.2) is 0 Å². The van der Waals surface area contributed by atoms with E-state index in [1.807, 2.05) is 43.1 Å². The number of nitro groups is 1. The highest BCUT2D eigenvalue weighted by Crippen LogP contribution is 2.30. The molecule has 1 amide bonds. The molecule has 1 heterocycles. The van der Waals surface area contributed by atoms with Crippen LogP contribution in [0.25, 0.3) is 0 Å². The van der Waals surface area contributed by atoms with Gasteiger partial charge in [0.2, 0.25) is 0 Å². The number of hydrogen-bond acceptors (Lipinski definition) is 5. The smallest absolute Gasteiger partial charge is 0.293 e. The third-order valence-corrected chi connectivity index (χ3v) is 5.72. The normalized spacial score (nSPS) is 15.9. The molecule has 8 heteroatoms. The number of anilines is 1. The number of nitrogens with zero attached hydrogens (tertiary/aromatic N) is 3. The molecule has 0 aromatic heterocycles. The molecule has 1 fully saturated rings. The Balaban J connectivity index is 1.80. The second-order valence-electron chi connectivity index (χ2n) is 6.97. The topological polar surface area (TPSA) is 78.7 Å². The first kappa shape index (κ1) is 20.3. The van der Waals surface area contributed by atoms with Crippen molar-refractivity contribution >= 4 is 33.2 Å². The number of carbonyl (C=O) groups is 1. The summed E-state index contributed by atoms with van der Waals surface area (Å²) in [4.78, 5) is 28.1. The fourth-order valence-electron chi connectivity index (χ4n) is 3.31. The van der Waals surface area contributed by atoms with Crippen molar-refractivity contribution < 1.29 is 9.72 Å². The lowest BCUT2D eigenvalue weighted by atomic mass is 10.1. The van der Waals surface area contributed by atoms with E-state index in [9.17, 15) is 14.9 Å². The van der Waals surface area contributed by atoms with Crippen molar-refractivity contribution in [2.75, 3.05) is 38.1 Å². The Bertz CT molecular complexity index is 882. The van der Waals surface area contributed by atoms with E-state index in [1.165, 1.54) is 6.07 Å². The van der Waals surface area contributed by atoms with E-state index in [4.69, 9.17) is 0 Å². The Labute approximate surface area is 172 Å². The van der Waals surface area contributed by atoms with Crippen molar-refractivity contribution in [2.24, 2.45) is 0 Å². The van der Waals surface area contributed by atoms with E-state index >= 15 is 0 Å². The average molecular weight is 447 g/mol. The third-order valence-electron chi connectivity index (χ3n) is 5.00. The summed E-state index contributed by atoms with van der Waals surface area (Å²) < 4.78 is 0.902. The maximum atomic E-state index is 12.7. The number of nitrogens with one attached hydrogen (secondary N) is 1. The van der Waals surface area contributed by atoms with Gasteiger partial charge in [-0.2, -0.15) is 0 Å². The zero-order valence-corrected chi connectivity index (χ0v) is 17.5. The number of benzene rings is 2. The monoisotopic (exact) mass is 446 g/mol. The zero-order valence-electron chi connectivity index (χ0n) is 15.9. The lowest BCUT2D eigenvalue weighted by Gasteiger charge is -2.33. The Morgan fingerprint density at radius 2 is 1.86 bits per heavy atom. The van der Waals surface area contributed by atoms with Crippen LogP contribution in [0.1, 0.15) is 28.9 Å². The van der Waals surface area contributed by atoms with Gasteiger partial charge in [-0.3, -0.25) is 14.9 Å². The van der Waals surface area contributed by atoms with E-state index in [-0.39, 0.29) is 23.2 Å². The van der Waals surface area contributed by atoms with Crippen LogP contribution in [0.3, 0.4) is 0 Å². The predicted molar refractivity (Wildman–Crippen MR) is 113 cm³/mol. The first-order chi connectivity index (χ1) is 13.4. The standard InChI is InChI=1S/C20H23BrN4O3/c1-14(16-5-3-4-6-17(16)21)22-20(26)15-7-8-18(19(13-15)25(27)28)24-11-9-23(2)10-12-24/h3-8,13-14H,9-12H2,1-2H3,(H,22,26)/t14-/m0/s1. The van der Waals surface area contributed by atoms with Crippen molar-refractivity contribution in [1.82, 2.24) is 10.2 Å². The summed E-state index contributed by atoms with van der Waals surface area (Å²) in [5, 5.41) is 14.5. The maximum Gasteiger partial charge on any atom is 0.293 e. The minimum atomic E-state index is -0.415. The van der Waals surface area contributed by atoms with Gasteiger partial charge in [-0.25, -0.2) is 0 Å². The second-order valence-corrected chi connectivity index (χ2v) is 7.82. The molecule has 0 radical (unpaired) electrons. The number of nitro benzene ring substituents is 1. The maximum absolute atomic E-state index is 12.7. The van der Waals surface area contributed by atoms with Gasteiger partial charge in [0.05, 0.1) is 11.0 Å². The van der Waals surface area contributed by atoms with Gasteiger partial charge < -0.3 is 15.1 Å². The van der Waals surface area contributed by atoms with Gasteiger partial charge in [-0.1, -0.05) is 34.1 Å². The van der Waals surface area contributed by atoms with E-state index in [2.05, 4.69) is 26.1 Å². The van der Waals surface area contributed by atoms with Gasteiger partial charge in [0.1, 0.15) is 5.69 Å². The number of hydrogen-bond donors (Lipinski definition) is 1. The second kappa shape index (κ2) is 8.70. The Morgan fingerprint density at radius 3 is 2.50 bits per heavy atom. The summed E-state index contributed by atoms with van der Waals surface area (Å²) in [6.45, 7) is 5.03. The van der Waals surface area contributed by atoms with Crippen LogP contribution in [0, 0.1) is 10.1 Å². The average Bonchev–Trinajstić information content (AvgIpc) is 2.68. The van der Waals surface area contributed by atoms with E-state index < -0.39 is 4.92 Å². The number of amides is 1. The van der Waals surface area contributed by atoms with Crippen molar-refractivity contribution in [3.8, 4) is 0 Å². The van der Waals surface area contributed by atoms with E-state index in [0.29, 0.717) is 5.69 Å². The molecule has 2 aromatic carbocycles. The molecule has 3 rings (SSSR count). The molecule has 28 heavy (non-hydrogen) atoms. The third kappa shape index (κ3) is 4.51. The van der Waals surface area contributed by atoms with Crippen LogP contribution in [-0.4, -0.2) is 49.0 Å². The van der Waals surface area contributed by atoms with Crippen molar-refractivity contribution in [2.45, 2.75) is 13.0 Å². The molecule has 1 atom stereocenters. The van der Waals surface area contributed by atoms with Crippen LogP contribution in [0.5, 0.6) is 0 Å². The molecule has 0 spiro atoms. The molecule has 148 valence electrons. The first-order valence-electron chi connectivity index (χ1n) is 9.14. The predicted octanol–water partition coefficient (Wildman–Crippen LogP) is 3.60. The Kier molecular flexibility index (Phi) is 6.31. The van der Waals surface area contributed by atoms with Crippen LogP contribution in [0.15, 0.2) is 46.9 Å². The van der Waals surface area contributed by atoms with Crippen molar-refractivity contribution in [1.29, 1.82) is 0 Å². The quantitative estimate of drug-likeness (QED) is 0.560. The molecule has 0 aliphatic carbocycles. The highest BCUT2D eigenvalue weighted by molar-refractivity contribution is 9.10. The summed E-state index contributed by atoms with van der Waals surface area (Å²) >= 11 is 3.48. The lowest BCUT2D eigenvalue weighted by molar-refractivity contribution is -0.384. The number of halogens is 1. The molecule has 0 saturated carbocycles. The number of carbonyl (C=O) groups excluding carboxylic acids is 1. The molecule has 1 aliphatic heterocycles. The van der Waals surface area contributed by atoms with E-state index in [1.54, 1.807) is 12.1 Å². The van der Waals surface area contributed by atoms with Crippen LogP contribution >= 0.6 is 15.9 Å². The molecule has 0 bridgehead atoms. The Morgan fingerprint density at radius 1 is 1.18 bits per heavy atom. The molecule has 0 unspecified atom stereocenters.